The molecule has 10 atom stereocenters. The molecule has 0 radical (unpaired) electrons. The zero-order chi connectivity index (χ0) is 35.9. The third kappa shape index (κ3) is 5.77. The zero-order valence-electron chi connectivity index (χ0n) is 31.6. The second kappa shape index (κ2) is 12.7. The first-order valence-corrected chi connectivity index (χ1v) is 19.6. The van der Waals surface area contributed by atoms with Crippen LogP contribution in [0.25, 0.3) is 0 Å². The summed E-state index contributed by atoms with van der Waals surface area (Å²) in [6.45, 7) is 18.6. The fraction of sp³-hybridized carbons (Fsp3) is 0.878. The third-order valence-corrected chi connectivity index (χ3v) is 15.8. The topological polar surface area (TPSA) is 124 Å². The van der Waals surface area contributed by atoms with E-state index >= 15 is 0 Å². The Balaban J connectivity index is 1.26. The summed E-state index contributed by atoms with van der Waals surface area (Å²) in [5, 5.41) is 31.8. The number of nitrogens with zero attached hydrogens (tertiary/aromatic N) is 1. The van der Waals surface area contributed by atoms with Gasteiger partial charge in [0.2, 0.25) is 0 Å². The number of ketones is 1. The molecule has 1 saturated heterocycles. The number of aliphatic carboxylic acids is 1. The number of carboxylic acid groups (broad SMARTS) is 1. The Bertz CT molecular complexity index is 1370. The van der Waals surface area contributed by atoms with Crippen molar-refractivity contribution in [2.45, 2.75) is 151 Å². The molecule has 0 bridgehead atoms. The van der Waals surface area contributed by atoms with Crippen LogP contribution in [0.2, 0.25) is 0 Å². The van der Waals surface area contributed by atoms with Crippen molar-refractivity contribution in [2.75, 3.05) is 19.7 Å². The molecule has 0 amide bonds. The molecule has 8 heteroatoms. The number of aliphatic hydroxyl groups excluding tert-OH is 2. The van der Waals surface area contributed by atoms with E-state index in [2.05, 4.69) is 46.4 Å². The maximum Gasteiger partial charge on any atom is 0.309 e. The number of rotatable bonds is 9. The van der Waals surface area contributed by atoms with E-state index < -0.39 is 28.9 Å². The number of aliphatic hydroxyl groups is 2. The lowest BCUT2D eigenvalue weighted by Crippen LogP contribution is -2.63. The second-order valence-corrected chi connectivity index (χ2v) is 19.4. The zero-order valence-corrected chi connectivity index (χ0v) is 31.6. The van der Waals surface area contributed by atoms with Gasteiger partial charge in [-0.1, -0.05) is 47.1 Å². The number of carbonyl (C=O) groups excluding carboxylic acids is 2. The minimum absolute atomic E-state index is 0.0918. The van der Waals surface area contributed by atoms with E-state index in [1.54, 1.807) is 13.8 Å². The van der Waals surface area contributed by atoms with Crippen LogP contribution in [0.4, 0.5) is 0 Å². The Morgan fingerprint density at radius 3 is 2.31 bits per heavy atom. The summed E-state index contributed by atoms with van der Waals surface area (Å²) in [7, 11) is 0. The van der Waals surface area contributed by atoms with E-state index in [1.807, 2.05) is 0 Å². The molecule has 0 aromatic rings. The minimum Gasteiger partial charge on any atom is -0.481 e. The number of carboxylic acids is 1. The summed E-state index contributed by atoms with van der Waals surface area (Å²) in [6.07, 6.45) is 9.43. The van der Waals surface area contributed by atoms with Gasteiger partial charge in [0, 0.05) is 29.8 Å². The first-order valence-electron chi connectivity index (χ1n) is 19.6. The van der Waals surface area contributed by atoms with Crippen molar-refractivity contribution in [3.05, 3.63) is 11.1 Å². The van der Waals surface area contributed by atoms with Crippen LogP contribution in [-0.2, 0) is 19.1 Å². The minimum atomic E-state index is -1.16. The molecule has 10 unspecified atom stereocenters. The van der Waals surface area contributed by atoms with Crippen LogP contribution in [-0.4, -0.2) is 75.9 Å². The van der Waals surface area contributed by atoms with Crippen LogP contribution in [0.15, 0.2) is 11.1 Å². The van der Waals surface area contributed by atoms with Gasteiger partial charge in [0.15, 0.2) is 5.78 Å². The summed E-state index contributed by atoms with van der Waals surface area (Å²) in [4.78, 5) is 40.9. The van der Waals surface area contributed by atoms with E-state index in [0.29, 0.717) is 36.6 Å². The number of ether oxygens (including phenoxy) is 1. The Morgan fingerprint density at radius 1 is 0.959 bits per heavy atom. The van der Waals surface area contributed by atoms with E-state index in [4.69, 9.17) is 4.74 Å². The van der Waals surface area contributed by atoms with E-state index in [-0.39, 0.29) is 53.1 Å². The summed E-state index contributed by atoms with van der Waals surface area (Å²) in [5.41, 5.74) is 0.641. The van der Waals surface area contributed by atoms with Crippen LogP contribution in [0, 0.1) is 56.7 Å². The average Bonchev–Trinajstić information content (AvgIpc) is 3.59. The lowest BCUT2D eigenvalue weighted by molar-refractivity contribution is -0.214. The van der Waals surface area contributed by atoms with E-state index in [0.717, 1.165) is 76.3 Å². The Labute approximate surface area is 294 Å². The van der Waals surface area contributed by atoms with Gasteiger partial charge < -0.3 is 20.1 Å². The van der Waals surface area contributed by atoms with Gasteiger partial charge in [0.05, 0.1) is 24.5 Å². The molecule has 8 nitrogen and oxygen atoms in total. The lowest BCUT2D eigenvalue weighted by atomic mass is 9.36. The van der Waals surface area contributed by atoms with Gasteiger partial charge in [-0.25, -0.2) is 0 Å². The molecule has 4 saturated carbocycles. The third-order valence-electron chi connectivity index (χ3n) is 15.8. The maximum absolute atomic E-state index is 13.9. The average molecular weight is 684 g/mol. The number of hydrogen-bond acceptors (Lipinski definition) is 7. The number of β-amino-alcohol motifs (C(OH)–C–C–N with tert-alkyl or cyclic N) is 1. The van der Waals surface area contributed by atoms with Crippen LogP contribution < -0.4 is 0 Å². The molecule has 5 fully saturated rings. The number of fused-ring (bicyclic) bond motifs is 7. The smallest absolute Gasteiger partial charge is 0.309 e. The normalized spacial score (nSPS) is 41.2. The highest BCUT2D eigenvalue weighted by Gasteiger charge is 2.67. The number of allylic oxidation sites excluding steroid dienone is 1. The van der Waals surface area contributed by atoms with Crippen LogP contribution in [0.3, 0.4) is 0 Å². The molecule has 3 N–H and O–H groups in total. The molecular weight excluding hydrogens is 618 g/mol. The van der Waals surface area contributed by atoms with E-state index in [1.165, 1.54) is 5.57 Å². The summed E-state index contributed by atoms with van der Waals surface area (Å²) >= 11 is 0. The molecule has 0 aromatic heterocycles. The standard InChI is InChI=1S/C41H65NO7/c1-24(2)34-28(44)20-41(31(45)22-42-19-9-10-25(42)23-43)18-13-27-26(35(34)41)11-12-30-39(27,7)16-14-29-38(5,6)32(15-17-40(29,30)8)49-33(46)21-37(3,4)36(47)48/h24-27,29-32,43,45H,9-23H2,1-8H3,(H,47,48). The molecule has 0 spiro atoms. The maximum atomic E-state index is 13.9. The number of likely N-dealkylation sites (tertiary alicyclic amines) is 1. The van der Waals surface area contributed by atoms with Gasteiger partial charge in [-0.3, -0.25) is 19.3 Å². The van der Waals surface area contributed by atoms with Gasteiger partial charge in [-0.15, -0.1) is 0 Å². The van der Waals surface area contributed by atoms with Gasteiger partial charge in [-0.05, 0) is 131 Å². The van der Waals surface area contributed by atoms with Crippen molar-refractivity contribution in [1.29, 1.82) is 0 Å². The molecule has 5 aliphatic carbocycles. The predicted octanol–water partition coefficient (Wildman–Crippen LogP) is 6.81. The monoisotopic (exact) mass is 683 g/mol. The van der Waals surface area contributed by atoms with Crippen molar-refractivity contribution in [2.24, 2.45) is 56.7 Å². The first-order chi connectivity index (χ1) is 22.8. The largest absolute Gasteiger partial charge is 0.481 e. The number of carbonyl (C=O) groups is 3. The molecule has 6 rings (SSSR count). The summed E-state index contributed by atoms with van der Waals surface area (Å²) in [5.74, 6) is 0.652. The van der Waals surface area contributed by atoms with Gasteiger partial charge in [0.1, 0.15) is 6.10 Å². The Kier molecular flexibility index (Phi) is 9.60. The molecular formula is C41H65NO7. The fourth-order valence-corrected chi connectivity index (χ4v) is 13.3. The highest BCUT2D eigenvalue weighted by atomic mass is 16.5. The fourth-order valence-electron chi connectivity index (χ4n) is 13.3. The number of esters is 1. The Morgan fingerprint density at radius 2 is 1.65 bits per heavy atom. The highest BCUT2D eigenvalue weighted by molar-refractivity contribution is 6.00. The molecule has 6 aliphatic rings. The van der Waals surface area contributed by atoms with Gasteiger partial charge in [0.25, 0.3) is 0 Å². The number of Topliss-reactive ketones (excluding diaryl/α,β-unsaturated/α-hetero) is 1. The number of hydrogen-bond donors (Lipinski definition) is 3. The quantitative estimate of drug-likeness (QED) is 0.227. The van der Waals surface area contributed by atoms with Crippen molar-refractivity contribution < 1.29 is 34.4 Å². The summed E-state index contributed by atoms with van der Waals surface area (Å²) in [6, 6.07) is 0.0984. The molecule has 49 heavy (non-hydrogen) atoms. The van der Waals surface area contributed by atoms with Crippen LogP contribution in [0.1, 0.15) is 132 Å². The van der Waals surface area contributed by atoms with Gasteiger partial charge >= 0.3 is 11.9 Å². The Hall–Kier alpha value is -1.77. The van der Waals surface area contributed by atoms with Crippen molar-refractivity contribution in [1.82, 2.24) is 4.90 Å². The summed E-state index contributed by atoms with van der Waals surface area (Å²) < 4.78 is 6.14. The highest BCUT2D eigenvalue weighted by Crippen LogP contribution is 2.73. The molecule has 276 valence electrons. The van der Waals surface area contributed by atoms with Gasteiger partial charge in [-0.2, -0.15) is 0 Å². The second-order valence-electron chi connectivity index (χ2n) is 19.4. The van der Waals surface area contributed by atoms with Crippen molar-refractivity contribution >= 4 is 17.7 Å². The lowest BCUT2D eigenvalue weighted by Gasteiger charge is -2.69. The van der Waals surface area contributed by atoms with Crippen LogP contribution >= 0.6 is 0 Å². The predicted molar refractivity (Wildman–Crippen MR) is 188 cm³/mol. The first kappa shape index (κ1) is 37.0. The van der Waals surface area contributed by atoms with Crippen LogP contribution in [0.5, 0.6) is 0 Å². The van der Waals surface area contributed by atoms with E-state index in [9.17, 15) is 29.7 Å². The molecule has 1 heterocycles. The van der Waals surface area contributed by atoms with Crippen molar-refractivity contribution in [3.8, 4) is 0 Å². The SMILES string of the molecule is CC(C)C1=C2C3CCC4C(C)(CCC5C(C)(C)C(OC(=O)CC(C)(C)C(=O)O)CCC54C)C3CCC2(C(O)CN2CCCC2CO)CC1=O. The molecule has 0 aromatic carbocycles. The molecule has 1 aliphatic heterocycles. The van der Waals surface area contributed by atoms with Crippen molar-refractivity contribution in [3.63, 3.8) is 0 Å².